The molecule has 0 aliphatic heterocycles. The van der Waals surface area contributed by atoms with Crippen molar-refractivity contribution in [1.82, 2.24) is 9.97 Å². The highest BCUT2D eigenvalue weighted by Crippen LogP contribution is 2.29. The van der Waals surface area contributed by atoms with Crippen molar-refractivity contribution >= 4 is 38.4 Å². The molecule has 3 rings (SSSR count). The Morgan fingerprint density at radius 2 is 1.86 bits per heavy atom. The molecule has 0 radical (unpaired) electrons. The minimum Gasteiger partial charge on any atom is -0.497 e. The molecule has 6 heteroatoms. The highest BCUT2D eigenvalue weighted by atomic mass is 79.9. The van der Waals surface area contributed by atoms with Crippen LogP contribution in [0.3, 0.4) is 0 Å². The summed E-state index contributed by atoms with van der Waals surface area (Å²) in [7, 11) is 1.60. The Morgan fingerprint density at radius 1 is 1.14 bits per heavy atom. The van der Waals surface area contributed by atoms with Gasteiger partial charge in [0.1, 0.15) is 16.7 Å². The first-order chi connectivity index (χ1) is 10.1. The fourth-order valence-electron chi connectivity index (χ4n) is 1.96. The topological polar surface area (TPSA) is 35.0 Å². The van der Waals surface area contributed by atoms with Crippen LogP contribution in [0.4, 0.5) is 4.39 Å². The summed E-state index contributed by atoms with van der Waals surface area (Å²) < 4.78 is 19.1. The van der Waals surface area contributed by atoms with E-state index in [1.807, 2.05) is 12.1 Å². The predicted octanol–water partition coefficient (Wildman–Crippen LogP) is 4.86. The summed E-state index contributed by atoms with van der Waals surface area (Å²) in [6, 6.07) is 10.2. The van der Waals surface area contributed by atoms with Crippen molar-refractivity contribution < 1.29 is 9.13 Å². The Labute approximate surface area is 133 Å². The van der Waals surface area contributed by atoms with Gasteiger partial charge in [-0.1, -0.05) is 11.6 Å². The largest absolute Gasteiger partial charge is 0.497 e. The normalized spacial score (nSPS) is 10.9. The van der Waals surface area contributed by atoms with Crippen molar-refractivity contribution in [3.05, 3.63) is 51.8 Å². The Hall–Kier alpha value is -1.72. The van der Waals surface area contributed by atoms with Crippen LogP contribution in [0.2, 0.25) is 5.15 Å². The van der Waals surface area contributed by atoms with Crippen molar-refractivity contribution in [2.24, 2.45) is 0 Å². The molecule has 0 saturated heterocycles. The molecule has 1 heterocycles. The van der Waals surface area contributed by atoms with Gasteiger partial charge < -0.3 is 4.74 Å². The van der Waals surface area contributed by atoms with Gasteiger partial charge in [0, 0.05) is 17.0 Å². The molecule has 0 N–H and O–H groups in total. The predicted molar refractivity (Wildman–Crippen MR) is 84.2 cm³/mol. The Kier molecular flexibility index (Phi) is 3.78. The molecular formula is C15H9BrClFN2O. The number of fused-ring (bicyclic) bond motifs is 1. The summed E-state index contributed by atoms with van der Waals surface area (Å²) in [4.78, 5) is 8.63. The third-order valence-corrected chi connectivity index (χ3v) is 3.94. The third-order valence-electron chi connectivity index (χ3n) is 3.04. The monoisotopic (exact) mass is 366 g/mol. The summed E-state index contributed by atoms with van der Waals surface area (Å²) in [6.07, 6.45) is 0. The summed E-state index contributed by atoms with van der Waals surface area (Å²) >= 11 is 9.30. The lowest BCUT2D eigenvalue weighted by atomic mass is 10.2. The van der Waals surface area contributed by atoms with E-state index in [1.165, 1.54) is 6.07 Å². The molecule has 0 saturated carbocycles. The zero-order valence-electron chi connectivity index (χ0n) is 10.9. The van der Waals surface area contributed by atoms with E-state index in [4.69, 9.17) is 16.3 Å². The van der Waals surface area contributed by atoms with Gasteiger partial charge in [0.25, 0.3) is 0 Å². The van der Waals surface area contributed by atoms with Crippen molar-refractivity contribution in [2.45, 2.75) is 0 Å². The van der Waals surface area contributed by atoms with Crippen LogP contribution in [0, 0.1) is 5.82 Å². The molecule has 0 bridgehead atoms. The second kappa shape index (κ2) is 5.58. The van der Waals surface area contributed by atoms with Crippen LogP contribution >= 0.6 is 27.5 Å². The zero-order valence-corrected chi connectivity index (χ0v) is 13.2. The maximum Gasteiger partial charge on any atom is 0.161 e. The van der Waals surface area contributed by atoms with Gasteiger partial charge in [-0.05, 0) is 46.3 Å². The second-order valence-electron chi connectivity index (χ2n) is 4.35. The number of aromatic nitrogens is 2. The minimum absolute atomic E-state index is 0.284. The highest BCUT2D eigenvalue weighted by molar-refractivity contribution is 9.10. The van der Waals surface area contributed by atoms with Crippen LogP contribution in [0.15, 0.2) is 40.9 Å². The number of nitrogens with zero attached hydrogens (tertiary/aromatic N) is 2. The second-order valence-corrected chi connectivity index (χ2v) is 5.56. The number of hydrogen-bond donors (Lipinski definition) is 0. The van der Waals surface area contributed by atoms with Crippen LogP contribution < -0.4 is 4.74 Å². The van der Waals surface area contributed by atoms with Crippen LogP contribution in [-0.4, -0.2) is 17.1 Å². The fraction of sp³-hybridized carbons (Fsp3) is 0.0667. The fourth-order valence-corrected chi connectivity index (χ4v) is 2.53. The van der Waals surface area contributed by atoms with Crippen molar-refractivity contribution in [1.29, 1.82) is 0 Å². The van der Waals surface area contributed by atoms with Crippen LogP contribution in [0.25, 0.3) is 22.3 Å². The van der Waals surface area contributed by atoms with E-state index in [0.717, 1.165) is 11.3 Å². The molecule has 106 valence electrons. The zero-order chi connectivity index (χ0) is 15.0. The quantitative estimate of drug-likeness (QED) is 0.607. The molecule has 0 atom stereocenters. The number of rotatable bonds is 2. The van der Waals surface area contributed by atoms with E-state index in [0.29, 0.717) is 21.2 Å². The van der Waals surface area contributed by atoms with E-state index < -0.39 is 5.82 Å². The van der Waals surface area contributed by atoms with Gasteiger partial charge in [0.2, 0.25) is 0 Å². The lowest BCUT2D eigenvalue weighted by Crippen LogP contribution is -1.93. The lowest BCUT2D eigenvalue weighted by molar-refractivity contribution is 0.415. The molecule has 21 heavy (non-hydrogen) atoms. The van der Waals surface area contributed by atoms with Gasteiger partial charge in [0.15, 0.2) is 5.82 Å². The number of hydrogen-bond acceptors (Lipinski definition) is 3. The van der Waals surface area contributed by atoms with Crippen LogP contribution in [0.1, 0.15) is 0 Å². The SMILES string of the molecule is COc1ccc(-c2nc(Cl)c3cc(Br)c(F)cc3n2)cc1. The van der Waals surface area contributed by atoms with Crippen LogP contribution in [0.5, 0.6) is 5.75 Å². The van der Waals surface area contributed by atoms with E-state index in [-0.39, 0.29) is 5.15 Å². The molecular weight excluding hydrogens is 359 g/mol. The van der Waals surface area contributed by atoms with Gasteiger partial charge in [0.05, 0.1) is 17.1 Å². The van der Waals surface area contributed by atoms with Crippen molar-refractivity contribution in [3.63, 3.8) is 0 Å². The summed E-state index contributed by atoms with van der Waals surface area (Å²) in [5.74, 6) is 0.787. The average molecular weight is 368 g/mol. The summed E-state index contributed by atoms with van der Waals surface area (Å²) in [6.45, 7) is 0. The standard InChI is InChI=1S/C15H9BrClFN2O/c1-21-9-4-2-8(3-5-9)15-19-13-7-12(18)11(16)6-10(13)14(17)20-15/h2-7H,1H3. The number of halogens is 3. The first-order valence-electron chi connectivity index (χ1n) is 6.05. The summed E-state index contributed by atoms with van der Waals surface area (Å²) in [5.41, 5.74) is 1.24. The van der Waals surface area contributed by atoms with Crippen molar-refractivity contribution in [3.8, 4) is 17.1 Å². The molecule has 0 aliphatic rings. The van der Waals surface area contributed by atoms with E-state index in [9.17, 15) is 4.39 Å². The first-order valence-corrected chi connectivity index (χ1v) is 7.22. The summed E-state index contributed by atoms with van der Waals surface area (Å²) in [5, 5.41) is 0.883. The molecule has 0 spiro atoms. The van der Waals surface area contributed by atoms with E-state index in [1.54, 1.807) is 25.3 Å². The maximum atomic E-state index is 13.6. The van der Waals surface area contributed by atoms with Gasteiger partial charge in [-0.25, -0.2) is 14.4 Å². The smallest absolute Gasteiger partial charge is 0.161 e. The number of ether oxygens (including phenoxy) is 1. The van der Waals surface area contributed by atoms with Gasteiger partial charge in [-0.15, -0.1) is 0 Å². The number of benzene rings is 2. The van der Waals surface area contributed by atoms with Gasteiger partial charge in [-0.3, -0.25) is 0 Å². The molecule has 3 aromatic rings. The molecule has 3 nitrogen and oxygen atoms in total. The minimum atomic E-state index is -0.391. The Bertz CT molecular complexity index is 824. The molecule has 1 aromatic heterocycles. The molecule has 0 amide bonds. The van der Waals surface area contributed by atoms with Gasteiger partial charge >= 0.3 is 0 Å². The first kappa shape index (κ1) is 14.2. The molecule has 0 fully saturated rings. The van der Waals surface area contributed by atoms with E-state index in [2.05, 4.69) is 25.9 Å². The Morgan fingerprint density at radius 3 is 2.52 bits per heavy atom. The highest BCUT2D eigenvalue weighted by Gasteiger charge is 2.11. The van der Waals surface area contributed by atoms with E-state index >= 15 is 0 Å². The lowest BCUT2D eigenvalue weighted by Gasteiger charge is -2.06. The number of methoxy groups -OCH3 is 1. The average Bonchev–Trinajstić information content (AvgIpc) is 2.49. The Balaban J connectivity index is 2.17. The third kappa shape index (κ3) is 2.71. The van der Waals surface area contributed by atoms with Crippen molar-refractivity contribution in [2.75, 3.05) is 7.11 Å². The van der Waals surface area contributed by atoms with Gasteiger partial charge in [-0.2, -0.15) is 0 Å². The molecule has 0 unspecified atom stereocenters. The van der Waals surface area contributed by atoms with Crippen LogP contribution in [-0.2, 0) is 0 Å². The molecule has 2 aromatic carbocycles. The maximum absolute atomic E-state index is 13.6. The molecule has 0 aliphatic carbocycles.